The molecule has 0 radical (unpaired) electrons. The summed E-state index contributed by atoms with van der Waals surface area (Å²) in [4.78, 5) is 34.0. The van der Waals surface area contributed by atoms with Gasteiger partial charge in [0.1, 0.15) is 11.4 Å². The number of carbonyl (C=O) groups is 2. The Bertz CT molecular complexity index is 1110. The van der Waals surface area contributed by atoms with E-state index in [1.165, 1.54) is 4.90 Å². The summed E-state index contributed by atoms with van der Waals surface area (Å²) in [5, 5.41) is 0. The quantitative estimate of drug-likeness (QED) is 0.594. The van der Waals surface area contributed by atoms with Crippen LogP contribution >= 0.6 is 0 Å². The Hall–Kier alpha value is -3.93. The van der Waals surface area contributed by atoms with Gasteiger partial charge in [-0.1, -0.05) is 36.4 Å². The lowest BCUT2D eigenvalue weighted by Crippen LogP contribution is -2.33. The van der Waals surface area contributed by atoms with Crippen molar-refractivity contribution in [2.24, 2.45) is 0 Å². The van der Waals surface area contributed by atoms with Crippen molar-refractivity contribution >= 4 is 23.1 Å². The first-order valence-corrected chi connectivity index (χ1v) is 9.53. The van der Waals surface area contributed by atoms with Crippen molar-refractivity contribution < 1.29 is 14.3 Å². The number of amides is 2. The van der Waals surface area contributed by atoms with Crippen LogP contribution in [0.4, 0.5) is 5.69 Å². The zero-order valence-corrected chi connectivity index (χ0v) is 16.8. The van der Waals surface area contributed by atoms with Crippen LogP contribution in [-0.4, -0.2) is 35.9 Å². The first-order valence-electron chi connectivity index (χ1n) is 9.53. The zero-order chi connectivity index (χ0) is 21.1. The van der Waals surface area contributed by atoms with Crippen LogP contribution in [0, 0.1) is 0 Å². The second kappa shape index (κ2) is 8.21. The number of nitrogens with zero attached hydrogens (tertiary/aromatic N) is 3. The number of pyridine rings is 1. The minimum atomic E-state index is -0.348. The van der Waals surface area contributed by atoms with E-state index in [1.54, 1.807) is 55.7 Å². The molecule has 1 aliphatic heterocycles. The molecule has 0 fully saturated rings. The number of anilines is 1. The highest BCUT2D eigenvalue weighted by molar-refractivity contribution is 6.37. The maximum absolute atomic E-state index is 13.5. The highest BCUT2D eigenvalue weighted by Gasteiger charge is 2.42. The number of hydrogen-bond donors (Lipinski definition) is 0. The Morgan fingerprint density at radius 3 is 2.27 bits per heavy atom. The molecule has 0 atom stereocenters. The molecule has 0 saturated carbocycles. The van der Waals surface area contributed by atoms with Gasteiger partial charge in [-0.25, -0.2) is 0 Å². The predicted molar refractivity (Wildman–Crippen MR) is 115 cm³/mol. The van der Waals surface area contributed by atoms with Crippen LogP contribution in [-0.2, 0) is 16.1 Å². The second-order valence-electron chi connectivity index (χ2n) is 6.87. The number of benzene rings is 2. The fraction of sp³-hybridized carbons (Fsp3) is 0.125. The molecule has 0 N–H and O–H groups in total. The van der Waals surface area contributed by atoms with E-state index in [9.17, 15) is 9.59 Å². The Morgan fingerprint density at radius 2 is 1.57 bits per heavy atom. The van der Waals surface area contributed by atoms with Gasteiger partial charge in [-0.3, -0.25) is 19.5 Å². The van der Waals surface area contributed by atoms with Crippen LogP contribution in [0.2, 0.25) is 0 Å². The molecule has 6 nitrogen and oxygen atoms in total. The van der Waals surface area contributed by atoms with Gasteiger partial charge in [0.2, 0.25) is 0 Å². The van der Waals surface area contributed by atoms with Crippen LogP contribution in [0.5, 0.6) is 5.75 Å². The molecular formula is C24H21N3O3. The first-order chi connectivity index (χ1) is 14.6. The van der Waals surface area contributed by atoms with Crippen LogP contribution in [0.25, 0.3) is 5.57 Å². The monoisotopic (exact) mass is 399 g/mol. The van der Waals surface area contributed by atoms with E-state index in [1.807, 2.05) is 42.5 Å². The summed E-state index contributed by atoms with van der Waals surface area (Å²) in [7, 11) is 3.34. The maximum atomic E-state index is 13.5. The molecule has 150 valence electrons. The Balaban J connectivity index is 1.84. The molecule has 0 bridgehead atoms. The van der Waals surface area contributed by atoms with Gasteiger partial charge in [-0.05, 0) is 35.9 Å². The molecule has 0 aliphatic carbocycles. The smallest absolute Gasteiger partial charge is 0.278 e. The minimum absolute atomic E-state index is 0.172. The highest BCUT2D eigenvalue weighted by atomic mass is 16.5. The zero-order valence-electron chi connectivity index (χ0n) is 16.8. The predicted octanol–water partition coefficient (Wildman–Crippen LogP) is 3.51. The van der Waals surface area contributed by atoms with Crippen LogP contribution < -0.4 is 9.64 Å². The van der Waals surface area contributed by atoms with Gasteiger partial charge in [0.05, 0.1) is 19.2 Å². The molecule has 2 aromatic carbocycles. The number of methoxy groups -OCH3 is 1. The molecule has 30 heavy (non-hydrogen) atoms. The molecule has 1 aromatic heterocycles. The molecule has 0 saturated heterocycles. The summed E-state index contributed by atoms with van der Waals surface area (Å²) in [5.41, 5.74) is 2.89. The van der Waals surface area contributed by atoms with Gasteiger partial charge in [0.15, 0.2) is 0 Å². The van der Waals surface area contributed by atoms with E-state index in [0.717, 1.165) is 11.3 Å². The van der Waals surface area contributed by atoms with Crippen molar-refractivity contribution in [1.82, 2.24) is 9.88 Å². The topological polar surface area (TPSA) is 62.7 Å². The fourth-order valence-corrected chi connectivity index (χ4v) is 3.56. The summed E-state index contributed by atoms with van der Waals surface area (Å²) in [6.45, 7) is 0.172. The average molecular weight is 399 g/mol. The van der Waals surface area contributed by atoms with Gasteiger partial charge in [-0.2, -0.15) is 0 Å². The third-order valence-electron chi connectivity index (χ3n) is 5.09. The van der Waals surface area contributed by atoms with Gasteiger partial charge in [0.25, 0.3) is 11.8 Å². The van der Waals surface area contributed by atoms with Crippen LogP contribution in [0.1, 0.15) is 11.1 Å². The lowest BCUT2D eigenvalue weighted by atomic mass is 10.0. The van der Waals surface area contributed by atoms with E-state index in [2.05, 4.69) is 4.98 Å². The summed E-state index contributed by atoms with van der Waals surface area (Å²) in [5.74, 6) is -0.151. The molecule has 2 amide bonds. The van der Waals surface area contributed by atoms with E-state index >= 15 is 0 Å². The molecular weight excluding hydrogens is 378 g/mol. The number of ether oxygens (including phenoxy) is 1. The summed E-state index contributed by atoms with van der Waals surface area (Å²) >= 11 is 0. The number of likely N-dealkylation sites (N-methyl/N-ethyl adjacent to an activating group) is 1. The third-order valence-corrected chi connectivity index (χ3v) is 5.09. The van der Waals surface area contributed by atoms with Crippen molar-refractivity contribution in [3.8, 4) is 5.75 Å². The van der Waals surface area contributed by atoms with Crippen molar-refractivity contribution in [2.75, 3.05) is 19.1 Å². The van der Waals surface area contributed by atoms with Gasteiger partial charge < -0.3 is 9.64 Å². The molecule has 4 rings (SSSR count). The average Bonchev–Trinajstić information content (AvgIpc) is 3.04. The first kappa shape index (κ1) is 19.4. The normalized spacial score (nSPS) is 13.7. The lowest BCUT2D eigenvalue weighted by molar-refractivity contribution is -0.137. The molecule has 0 unspecified atom stereocenters. The van der Waals surface area contributed by atoms with Crippen molar-refractivity contribution in [3.05, 3.63) is 95.9 Å². The number of hydrogen-bond acceptors (Lipinski definition) is 5. The third kappa shape index (κ3) is 3.43. The Morgan fingerprint density at radius 1 is 0.900 bits per heavy atom. The lowest BCUT2D eigenvalue weighted by Gasteiger charge is -2.21. The number of para-hydroxylation sites is 2. The molecule has 0 spiro atoms. The Labute approximate surface area is 175 Å². The van der Waals surface area contributed by atoms with E-state index in [-0.39, 0.29) is 18.4 Å². The number of rotatable bonds is 6. The second-order valence-corrected chi connectivity index (χ2v) is 6.87. The molecule has 1 aliphatic rings. The summed E-state index contributed by atoms with van der Waals surface area (Å²) in [6, 6.07) is 20.3. The van der Waals surface area contributed by atoms with Gasteiger partial charge in [-0.15, -0.1) is 0 Å². The largest absolute Gasteiger partial charge is 0.496 e. The fourth-order valence-electron chi connectivity index (χ4n) is 3.56. The van der Waals surface area contributed by atoms with Crippen molar-refractivity contribution in [2.45, 2.75) is 6.54 Å². The van der Waals surface area contributed by atoms with Crippen LogP contribution in [0.3, 0.4) is 0 Å². The van der Waals surface area contributed by atoms with Gasteiger partial charge in [0, 0.05) is 30.7 Å². The van der Waals surface area contributed by atoms with Crippen molar-refractivity contribution in [3.63, 3.8) is 0 Å². The maximum Gasteiger partial charge on any atom is 0.278 e. The van der Waals surface area contributed by atoms with E-state index in [0.29, 0.717) is 22.6 Å². The number of imide groups is 1. The number of carbonyl (C=O) groups excluding carboxylic acids is 2. The summed E-state index contributed by atoms with van der Waals surface area (Å²) < 4.78 is 5.49. The van der Waals surface area contributed by atoms with Crippen molar-refractivity contribution in [1.29, 1.82) is 0 Å². The number of aromatic nitrogens is 1. The minimum Gasteiger partial charge on any atom is -0.496 e. The standard InChI is InChI=1S/C24H21N3O3/c1-26(18-8-4-3-5-9-18)22-21(19-10-6-7-11-20(19)30-2)23(28)27(24(22)29)16-17-12-14-25-15-13-17/h3-15H,16H2,1-2H3. The van der Waals surface area contributed by atoms with Crippen LogP contribution in [0.15, 0.2) is 84.8 Å². The molecule has 3 aromatic rings. The van der Waals surface area contributed by atoms with Gasteiger partial charge >= 0.3 is 0 Å². The van der Waals surface area contributed by atoms with E-state index < -0.39 is 0 Å². The summed E-state index contributed by atoms with van der Waals surface area (Å²) in [6.07, 6.45) is 3.29. The SMILES string of the molecule is COc1ccccc1C1=C(N(C)c2ccccc2)C(=O)N(Cc2ccncc2)C1=O. The Kier molecular flexibility index (Phi) is 5.30. The van der Waals surface area contributed by atoms with E-state index in [4.69, 9.17) is 4.74 Å². The molecule has 6 heteroatoms. The molecule has 2 heterocycles. The highest BCUT2D eigenvalue weighted by Crippen LogP contribution is 2.37.